The van der Waals surface area contributed by atoms with Crippen LogP contribution in [0.3, 0.4) is 0 Å². The third-order valence-corrected chi connectivity index (χ3v) is 2.66. The second-order valence-electron chi connectivity index (χ2n) is 3.89. The molecular weight excluding hydrogens is 216 g/mol. The highest BCUT2D eigenvalue weighted by atomic mass is 16.3. The highest BCUT2D eigenvalue weighted by Crippen LogP contribution is 2.11. The SMILES string of the molecule is CCC(CCO)Nc1nnc2ccccc2n1. The Morgan fingerprint density at radius 2 is 2.00 bits per heavy atom. The van der Waals surface area contributed by atoms with Crippen molar-refractivity contribution in [2.45, 2.75) is 25.8 Å². The molecule has 90 valence electrons. The van der Waals surface area contributed by atoms with Gasteiger partial charge in [0.1, 0.15) is 5.52 Å². The molecule has 1 heterocycles. The molecule has 2 N–H and O–H groups in total. The van der Waals surface area contributed by atoms with E-state index in [2.05, 4.69) is 27.4 Å². The van der Waals surface area contributed by atoms with Crippen molar-refractivity contribution in [3.63, 3.8) is 0 Å². The minimum Gasteiger partial charge on any atom is -0.396 e. The van der Waals surface area contributed by atoms with Crippen molar-refractivity contribution in [1.29, 1.82) is 0 Å². The quantitative estimate of drug-likeness (QED) is 0.819. The fourth-order valence-corrected chi connectivity index (χ4v) is 1.66. The minimum atomic E-state index is 0.159. The number of fused-ring (bicyclic) bond motifs is 1. The van der Waals surface area contributed by atoms with Crippen molar-refractivity contribution in [2.24, 2.45) is 0 Å². The number of aromatic nitrogens is 3. The van der Waals surface area contributed by atoms with Crippen LogP contribution in [-0.4, -0.2) is 32.9 Å². The van der Waals surface area contributed by atoms with Gasteiger partial charge in [-0.25, -0.2) is 4.98 Å². The second kappa shape index (κ2) is 5.54. The number of rotatable bonds is 5. The van der Waals surface area contributed by atoms with Gasteiger partial charge in [0, 0.05) is 12.6 Å². The van der Waals surface area contributed by atoms with Crippen LogP contribution in [0.5, 0.6) is 0 Å². The molecule has 17 heavy (non-hydrogen) atoms. The molecule has 0 radical (unpaired) electrons. The van der Waals surface area contributed by atoms with E-state index >= 15 is 0 Å². The Balaban J connectivity index is 2.18. The first-order valence-corrected chi connectivity index (χ1v) is 5.80. The molecule has 5 heteroatoms. The molecule has 0 saturated carbocycles. The molecule has 2 aromatic rings. The van der Waals surface area contributed by atoms with Gasteiger partial charge in [0.2, 0.25) is 5.95 Å². The number of benzene rings is 1. The van der Waals surface area contributed by atoms with E-state index in [-0.39, 0.29) is 12.6 Å². The first-order valence-electron chi connectivity index (χ1n) is 5.80. The Labute approximate surface area is 99.9 Å². The van der Waals surface area contributed by atoms with E-state index in [4.69, 9.17) is 5.11 Å². The summed E-state index contributed by atoms with van der Waals surface area (Å²) in [5, 5.41) is 20.2. The molecule has 0 saturated heterocycles. The van der Waals surface area contributed by atoms with E-state index < -0.39 is 0 Å². The molecule has 0 amide bonds. The zero-order valence-electron chi connectivity index (χ0n) is 9.80. The number of nitrogens with zero attached hydrogens (tertiary/aromatic N) is 3. The molecule has 1 aromatic heterocycles. The molecule has 0 bridgehead atoms. The van der Waals surface area contributed by atoms with Gasteiger partial charge in [0.05, 0.1) is 5.52 Å². The van der Waals surface area contributed by atoms with Crippen LogP contribution in [0.2, 0.25) is 0 Å². The van der Waals surface area contributed by atoms with E-state index in [0.29, 0.717) is 12.4 Å². The van der Waals surface area contributed by atoms with Crippen molar-refractivity contribution < 1.29 is 5.11 Å². The van der Waals surface area contributed by atoms with Crippen LogP contribution in [0.15, 0.2) is 24.3 Å². The summed E-state index contributed by atoms with van der Waals surface area (Å²) >= 11 is 0. The van der Waals surface area contributed by atoms with Gasteiger partial charge in [-0.3, -0.25) is 0 Å². The summed E-state index contributed by atoms with van der Waals surface area (Å²) < 4.78 is 0. The van der Waals surface area contributed by atoms with Crippen LogP contribution in [0, 0.1) is 0 Å². The van der Waals surface area contributed by atoms with E-state index in [1.165, 1.54) is 0 Å². The summed E-state index contributed by atoms with van der Waals surface area (Å²) in [6.45, 7) is 2.22. The van der Waals surface area contributed by atoms with E-state index in [9.17, 15) is 0 Å². The Bertz CT molecular complexity index is 489. The van der Waals surface area contributed by atoms with Crippen LogP contribution in [0.4, 0.5) is 5.95 Å². The smallest absolute Gasteiger partial charge is 0.243 e. The molecule has 0 aliphatic heterocycles. The Hall–Kier alpha value is -1.75. The lowest BCUT2D eigenvalue weighted by atomic mass is 10.2. The molecular formula is C12H16N4O. The Morgan fingerprint density at radius 1 is 1.24 bits per heavy atom. The fourth-order valence-electron chi connectivity index (χ4n) is 1.66. The molecule has 0 aliphatic carbocycles. The van der Waals surface area contributed by atoms with Gasteiger partial charge in [-0.1, -0.05) is 19.1 Å². The zero-order chi connectivity index (χ0) is 12.1. The number of anilines is 1. The first kappa shape index (κ1) is 11.7. The molecule has 5 nitrogen and oxygen atoms in total. The summed E-state index contributed by atoms with van der Waals surface area (Å²) in [6.07, 6.45) is 1.60. The molecule has 1 atom stereocenters. The van der Waals surface area contributed by atoms with Crippen molar-refractivity contribution in [1.82, 2.24) is 15.2 Å². The standard InChI is InChI=1S/C12H16N4O/c1-2-9(7-8-17)13-12-14-10-5-3-4-6-11(10)15-16-12/h3-6,9,17H,2,7-8H2,1H3,(H,13,14,16). The first-order chi connectivity index (χ1) is 8.33. The maximum absolute atomic E-state index is 8.92. The molecule has 1 aromatic carbocycles. The molecule has 0 aliphatic rings. The van der Waals surface area contributed by atoms with Crippen LogP contribution < -0.4 is 5.32 Å². The normalized spacial score (nSPS) is 12.6. The second-order valence-corrected chi connectivity index (χ2v) is 3.89. The summed E-state index contributed by atoms with van der Waals surface area (Å²) in [7, 11) is 0. The van der Waals surface area contributed by atoms with Gasteiger partial charge in [-0.05, 0) is 25.0 Å². The number of para-hydroxylation sites is 1. The lowest BCUT2D eigenvalue weighted by Gasteiger charge is -2.14. The number of hydrogen-bond donors (Lipinski definition) is 2. The van der Waals surface area contributed by atoms with Gasteiger partial charge in [-0.2, -0.15) is 0 Å². The van der Waals surface area contributed by atoms with E-state index in [1.807, 2.05) is 24.3 Å². The highest BCUT2D eigenvalue weighted by molar-refractivity contribution is 5.74. The lowest BCUT2D eigenvalue weighted by Crippen LogP contribution is -2.21. The summed E-state index contributed by atoms with van der Waals surface area (Å²) in [6, 6.07) is 7.80. The van der Waals surface area contributed by atoms with Gasteiger partial charge in [-0.15, -0.1) is 10.2 Å². The van der Waals surface area contributed by atoms with E-state index in [0.717, 1.165) is 17.5 Å². The van der Waals surface area contributed by atoms with Gasteiger partial charge in [0.15, 0.2) is 0 Å². The van der Waals surface area contributed by atoms with Gasteiger partial charge in [0.25, 0.3) is 0 Å². The predicted molar refractivity (Wildman–Crippen MR) is 66.7 cm³/mol. The zero-order valence-corrected chi connectivity index (χ0v) is 9.80. The third kappa shape index (κ3) is 2.88. The van der Waals surface area contributed by atoms with Crippen molar-refractivity contribution in [2.75, 3.05) is 11.9 Å². The summed E-state index contributed by atoms with van der Waals surface area (Å²) in [5.41, 5.74) is 1.61. The molecule has 0 fully saturated rings. The Morgan fingerprint density at radius 3 is 2.71 bits per heavy atom. The molecule has 0 spiro atoms. The van der Waals surface area contributed by atoms with Crippen molar-refractivity contribution >= 4 is 17.0 Å². The fraction of sp³-hybridized carbons (Fsp3) is 0.417. The summed E-state index contributed by atoms with van der Waals surface area (Å²) in [4.78, 5) is 4.38. The predicted octanol–water partition coefficient (Wildman–Crippen LogP) is 1.60. The van der Waals surface area contributed by atoms with Crippen molar-refractivity contribution in [3.8, 4) is 0 Å². The lowest BCUT2D eigenvalue weighted by molar-refractivity contribution is 0.278. The Kier molecular flexibility index (Phi) is 3.82. The average Bonchev–Trinajstić information content (AvgIpc) is 2.38. The van der Waals surface area contributed by atoms with Crippen LogP contribution in [0.25, 0.3) is 11.0 Å². The van der Waals surface area contributed by atoms with Crippen molar-refractivity contribution in [3.05, 3.63) is 24.3 Å². The number of hydrogen-bond acceptors (Lipinski definition) is 5. The monoisotopic (exact) mass is 232 g/mol. The van der Waals surface area contributed by atoms with Gasteiger partial charge >= 0.3 is 0 Å². The average molecular weight is 232 g/mol. The van der Waals surface area contributed by atoms with Crippen LogP contribution in [-0.2, 0) is 0 Å². The molecule has 2 rings (SSSR count). The largest absolute Gasteiger partial charge is 0.396 e. The number of aliphatic hydroxyl groups excluding tert-OH is 1. The topological polar surface area (TPSA) is 70.9 Å². The van der Waals surface area contributed by atoms with Gasteiger partial charge < -0.3 is 10.4 Å². The van der Waals surface area contributed by atoms with E-state index in [1.54, 1.807) is 0 Å². The maximum Gasteiger partial charge on any atom is 0.243 e. The minimum absolute atomic E-state index is 0.159. The third-order valence-electron chi connectivity index (χ3n) is 2.66. The molecule has 1 unspecified atom stereocenters. The number of aliphatic hydroxyl groups is 1. The van der Waals surface area contributed by atoms with Crippen LogP contribution >= 0.6 is 0 Å². The maximum atomic E-state index is 8.92. The van der Waals surface area contributed by atoms with Crippen LogP contribution in [0.1, 0.15) is 19.8 Å². The number of nitrogens with one attached hydrogen (secondary N) is 1. The highest BCUT2D eigenvalue weighted by Gasteiger charge is 2.08. The summed E-state index contributed by atoms with van der Waals surface area (Å²) in [5.74, 6) is 0.518.